The summed E-state index contributed by atoms with van der Waals surface area (Å²) in [5, 5.41) is 15.9. The van der Waals surface area contributed by atoms with Gasteiger partial charge >= 0.3 is 0 Å². The molecule has 0 rings (SSSR count). The van der Waals surface area contributed by atoms with Crippen molar-refractivity contribution in [3.05, 3.63) is 0 Å². The second-order valence-corrected chi connectivity index (χ2v) is 1.48. The second kappa shape index (κ2) is 5.93. The van der Waals surface area contributed by atoms with Gasteiger partial charge in [-0.3, -0.25) is 10.5 Å². The summed E-state index contributed by atoms with van der Waals surface area (Å²) < 4.78 is 4.57. The van der Waals surface area contributed by atoms with E-state index in [1.165, 1.54) is 7.11 Å². The van der Waals surface area contributed by atoms with E-state index in [1.807, 2.05) is 0 Å². The van der Waals surface area contributed by atoms with E-state index in [0.29, 0.717) is 0 Å². The zero-order chi connectivity index (χ0) is 7.11. The van der Waals surface area contributed by atoms with Gasteiger partial charge in [-0.1, -0.05) is 0 Å². The third-order valence-corrected chi connectivity index (χ3v) is 0.762. The third kappa shape index (κ3) is 4.31. The van der Waals surface area contributed by atoms with Gasteiger partial charge in [0, 0.05) is 7.11 Å². The minimum absolute atomic E-state index is 0.107. The van der Waals surface area contributed by atoms with Crippen LogP contribution in [0.15, 0.2) is 0 Å². The summed E-state index contributed by atoms with van der Waals surface area (Å²) in [5.41, 5.74) is 0. The lowest BCUT2D eigenvalue weighted by Gasteiger charge is -2.08. The molecule has 1 atom stereocenters. The van der Waals surface area contributed by atoms with Gasteiger partial charge in [0.25, 0.3) is 0 Å². The fraction of sp³-hybridized carbons (Fsp3) is 1.00. The van der Waals surface area contributed by atoms with Crippen LogP contribution in [0, 0.1) is 0 Å². The van der Waals surface area contributed by atoms with Gasteiger partial charge in [0.2, 0.25) is 0 Å². The summed E-state index contributed by atoms with van der Waals surface area (Å²) in [6.45, 7) is 0.0708. The van der Waals surface area contributed by atoms with Crippen molar-refractivity contribution in [3.63, 3.8) is 0 Å². The van der Waals surface area contributed by atoms with Crippen molar-refractivity contribution in [1.29, 1.82) is 0 Å². The topological polar surface area (TPSA) is 68.2 Å². The molecule has 0 heterocycles. The van der Waals surface area contributed by atoms with E-state index < -0.39 is 6.10 Å². The molecule has 0 aliphatic rings. The normalized spacial score (nSPS) is 13.7. The fourth-order valence-corrected chi connectivity index (χ4v) is 0.378. The summed E-state index contributed by atoms with van der Waals surface area (Å²) in [7, 11) is 1.45. The molecule has 0 amide bonds. The van der Waals surface area contributed by atoms with Crippen LogP contribution in [0.3, 0.4) is 0 Å². The quantitative estimate of drug-likeness (QED) is 0.412. The lowest BCUT2D eigenvalue weighted by atomic mass is 10.4. The molecule has 0 aromatic carbocycles. The molecule has 0 spiro atoms. The average molecular weight is 138 g/mol. The van der Waals surface area contributed by atoms with Crippen LogP contribution in [0.25, 0.3) is 0 Å². The van der Waals surface area contributed by atoms with Gasteiger partial charge in [0.1, 0.15) is 12.7 Å². The first kappa shape index (κ1) is 8.80. The highest BCUT2D eigenvalue weighted by Crippen LogP contribution is 1.89. The Morgan fingerprint density at radius 3 is 2.33 bits per heavy atom. The van der Waals surface area contributed by atoms with Gasteiger partial charge < -0.3 is 4.74 Å². The maximum atomic E-state index is 8.02. The Bertz CT molecular complexity index is 50.9. The van der Waals surface area contributed by atoms with Gasteiger partial charge in [0.15, 0.2) is 0 Å². The van der Waals surface area contributed by atoms with E-state index in [2.05, 4.69) is 14.5 Å². The van der Waals surface area contributed by atoms with Crippen molar-refractivity contribution in [2.45, 2.75) is 6.10 Å². The van der Waals surface area contributed by atoms with E-state index in [-0.39, 0.29) is 13.2 Å². The van der Waals surface area contributed by atoms with E-state index >= 15 is 0 Å². The molecule has 5 heteroatoms. The monoisotopic (exact) mass is 138 g/mol. The highest BCUT2D eigenvalue weighted by Gasteiger charge is 2.07. The molecule has 0 bridgehead atoms. The van der Waals surface area contributed by atoms with Crippen LogP contribution in [0.5, 0.6) is 0 Å². The van der Waals surface area contributed by atoms with Crippen LogP contribution in [0.2, 0.25) is 0 Å². The standard InChI is InChI=1S/C4H10O5/c1-7-2-4(9-6)3-8-5/h4-6H,2-3H2,1H3. The Balaban J connectivity index is 3.18. The molecule has 0 radical (unpaired) electrons. The summed E-state index contributed by atoms with van der Waals surface area (Å²) in [5.74, 6) is 0. The SMILES string of the molecule is COCC(COO)OO. The molecule has 9 heavy (non-hydrogen) atoms. The molecule has 0 fully saturated rings. The summed E-state index contributed by atoms with van der Waals surface area (Å²) in [4.78, 5) is 7.50. The first-order valence-corrected chi connectivity index (χ1v) is 2.40. The van der Waals surface area contributed by atoms with Gasteiger partial charge in [0.05, 0.1) is 6.61 Å². The highest BCUT2D eigenvalue weighted by atomic mass is 17.1. The number of methoxy groups -OCH3 is 1. The van der Waals surface area contributed by atoms with Crippen molar-refractivity contribution in [1.82, 2.24) is 0 Å². The summed E-state index contributed by atoms with van der Waals surface area (Å²) >= 11 is 0. The highest BCUT2D eigenvalue weighted by molar-refractivity contribution is 4.49. The first-order chi connectivity index (χ1) is 4.35. The fourth-order valence-electron chi connectivity index (χ4n) is 0.378. The molecular formula is C4H10O5. The Labute approximate surface area is 52.6 Å². The Morgan fingerprint density at radius 1 is 1.33 bits per heavy atom. The van der Waals surface area contributed by atoms with E-state index in [1.54, 1.807) is 0 Å². The molecular weight excluding hydrogens is 128 g/mol. The molecule has 0 aliphatic carbocycles. The smallest absolute Gasteiger partial charge is 0.142 e. The van der Waals surface area contributed by atoms with Crippen molar-refractivity contribution in [3.8, 4) is 0 Å². The van der Waals surface area contributed by atoms with Gasteiger partial charge in [-0.25, -0.2) is 9.78 Å². The molecule has 5 nitrogen and oxygen atoms in total. The molecule has 0 aromatic heterocycles. The van der Waals surface area contributed by atoms with Gasteiger partial charge in [-0.15, -0.1) is 0 Å². The largest absolute Gasteiger partial charge is 0.382 e. The molecule has 0 saturated carbocycles. The predicted molar refractivity (Wildman–Crippen MR) is 28.0 cm³/mol. The zero-order valence-corrected chi connectivity index (χ0v) is 5.11. The number of rotatable bonds is 5. The number of ether oxygens (including phenoxy) is 1. The van der Waals surface area contributed by atoms with Crippen molar-refractivity contribution >= 4 is 0 Å². The first-order valence-electron chi connectivity index (χ1n) is 2.40. The Morgan fingerprint density at radius 2 is 2.00 bits per heavy atom. The van der Waals surface area contributed by atoms with Crippen LogP contribution in [-0.4, -0.2) is 36.9 Å². The van der Waals surface area contributed by atoms with E-state index in [9.17, 15) is 0 Å². The summed E-state index contributed by atoms with van der Waals surface area (Å²) in [6.07, 6.45) is -0.625. The molecule has 0 saturated heterocycles. The van der Waals surface area contributed by atoms with Crippen LogP contribution in [0.4, 0.5) is 0 Å². The maximum Gasteiger partial charge on any atom is 0.142 e. The minimum atomic E-state index is -0.625. The average Bonchev–Trinajstić information content (AvgIpc) is 1.88. The minimum Gasteiger partial charge on any atom is -0.382 e. The molecule has 1 unspecified atom stereocenters. The Hall–Kier alpha value is -0.200. The van der Waals surface area contributed by atoms with Crippen LogP contribution < -0.4 is 0 Å². The van der Waals surface area contributed by atoms with Gasteiger partial charge in [-0.05, 0) is 0 Å². The van der Waals surface area contributed by atoms with Crippen LogP contribution >= 0.6 is 0 Å². The van der Waals surface area contributed by atoms with Crippen LogP contribution in [-0.2, 0) is 14.5 Å². The molecule has 0 aromatic rings. The van der Waals surface area contributed by atoms with Crippen molar-refractivity contribution in [2.24, 2.45) is 0 Å². The molecule has 56 valence electrons. The summed E-state index contributed by atoms with van der Waals surface area (Å²) in [6, 6.07) is 0. The predicted octanol–water partition coefficient (Wildman–Crippen LogP) is -0.0194. The lowest BCUT2D eigenvalue weighted by Crippen LogP contribution is -2.22. The lowest BCUT2D eigenvalue weighted by molar-refractivity contribution is -0.331. The Kier molecular flexibility index (Phi) is 5.80. The van der Waals surface area contributed by atoms with E-state index in [4.69, 9.17) is 10.5 Å². The third-order valence-electron chi connectivity index (χ3n) is 0.762. The van der Waals surface area contributed by atoms with Crippen molar-refractivity contribution < 1.29 is 25.0 Å². The van der Waals surface area contributed by atoms with Crippen LogP contribution in [0.1, 0.15) is 0 Å². The second-order valence-electron chi connectivity index (χ2n) is 1.48. The van der Waals surface area contributed by atoms with Crippen molar-refractivity contribution in [2.75, 3.05) is 20.3 Å². The number of hydrogen-bond donors (Lipinski definition) is 2. The zero-order valence-electron chi connectivity index (χ0n) is 5.11. The molecule has 2 N–H and O–H groups in total. The maximum absolute atomic E-state index is 8.02. The number of hydrogen-bond acceptors (Lipinski definition) is 5. The van der Waals surface area contributed by atoms with E-state index in [0.717, 1.165) is 0 Å². The molecule has 0 aliphatic heterocycles. The van der Waals surface area contributed by atoms with Gasteiger partial charge in [-0.2, -0.15) is 0 Å².